The van der Waals surface area contributed by atoms with E-state index in [-0.39, 0.29) is 0 Å². The summed E-state index contributed by atoms with van der Waals surface area (Å²) in [5, 5.41) is 4.99. The maximum atomic E-state index is 6.14. The number of hydrogen-bond donors (Lipinski definition) is 0. The summed E-state index contributed by atoms with van der Waals surface area (Å²) >= 11 is 6.14. The molecule has 0 bridgehead atoms. The number of nitrogens with zero attached hydrogens (tertiary/aromatic N) is 5. The Morgan fingerprint density at radius 2 is 2.22 bits per heavy atom. The maximum absolute atomic E-state index is 6.14. The molecule has 0 amide bonds. The quantitative estimate of drug-likeness (QED) is 0.814. The molecule has 5 nitrogen and oxygen atoms in total. The molecule has 0 aliphatic carbocycles. The van der Waals surface area contributed by atoms with Crippen molar-refractivity contribution in [2.24, 2.45) is 0 Å². The molecule has 1 saturated heterocycles. The Morgan fingerprint density at radius 1 is 1.30 bits per heavy atom. The predicted octanol–water partition coefficient (Wildman–Crippen LogP) is 2.92. The highest BCUT2D eigenvalue weighted by Gasteiger charge is 2.25. The van der Waals surface area contributed by atoms with Crippen molar-refractivity contribution in [3.63, 3.8) is 0 Å². The molecule has 6 heteroatoms. The van der Waals surface area contributed by atoms with E-state index in [1.807, 2.05) is 16.8 Å². The molecule has 0 N–H and O–H groups in total. The van der Waals surface area contributed by atoms with Crippen LogP contribution in [0.3, 0.4) is 0 Å². The van der Waals surface area contributed by atoms with Crippen molar-refractivity contribution in [2.45, 2.75) is 32.4 Å². The smallest absolute Gasteiger partial charge is 0.137 e. The molecule has 1 atom stereocenters. The predicted molar refractivity (Wildman–Crippen MR) is 94.0 cm³/mol. The zero-order valence-corrected chi connectivity index (χ0v) is 14.4. The van der Waals surface area contributed by atoms with E-state index in [2.05, 4.69) is 38.9 Å². The highest BCUT2D eigenvalue weighted by molar-refractivity contribution is 6.30. The van der Waals surface area contributed by atoms with E-state index < -0.39 is 0 Å². The zero-order valence-electron chi connectivity index (χ0n) is 13.6. The average Bonchev–Trinajstić information content (AvgIpc) is 3.08. The van der Waals surface area contributed by atoms with E-state index in [0.717, 1.165) is 44.2 Å². The number of anilines is 1. The van der Waals surface area contributed by atoms with Gasteiger partial charge in [-0.2, -0.15) is 5.10 Å². The number of rotatable bonds is 6. The van der Waals surface area contributed by atoms with Crippen molar-refractivity contribution in [2.75, 3.05) is 31.1 Å². The molecule has 1 aliphatic rings. The first-order chi connectivity index (χ1) is 11.3. The molecule has 23 heavy (non-hydrogen) atoms. The van der Waals surface area contributed by atoms with Crippen LogP contribution in [0.5, 0.6) is 0 Å². The summed E-state index contributed by atoms with van der Waals surface area (Å²) in [7, 11) is 0. The number of hydrogen-bond acceptors (Lipinski definition) is 4. The molecular weight excluding hydrogens is 310 g/mol. The van der Waals surface area contributed by atoms with Gasteiger partial charge in [-0.15, -0.1) is 0 Å². The van der Waals surface area contributed by atoms with Gasteiger partial charge in [0.25, 0.3) is 0 Å². The first-order valence-corrected chi connectivity index (χ1v) is 8.71. The molecular formula is C17H24ClN5. The largest absolute Gasteiger partial charge is 0.369 e. The van der Waals surface area contributed by atoms with Crippen LogP contribution in [0.2, 0.25) is 5.02 Å². The minimum absolute atomic E-state index is 0.580. The Bertz CT molecular complexity index is 601. The normalized spacial score (nSPS) is 19.2. The van der Waals surface area contributed by atoms with Crippen LogP contribution in [0.1, 0.15) is 19.8 Å². The van der Waals surface area contributed by atoms with E-state index in [4.69, 9.17) is 11.6 Å². The van der Waals surface area contributed by atoms with Crippen LogP contribution < -0.4 is 4.90 Å². The summed E-state index contributed by atoms with van der Waals surface area (Å²) in [6.45, 7) is 7.53. The number of aromatic nitrogens is 3. The van der Waals surface area contributed by atoms with E-state index in [0.29, 0.717) is 6.04 Å². The Labute approximate surface area is 142 Å². The van der Waals surface area contributed by atoms with Crippen LogP contribution in [-0.4, -0.2) is 51.9 Å². The van der Waals surface area contributed by atoms with Gasteiger partial charge >= 0.3 is 0 Å². The fourth-order valence-electron chi connectivity index (χ4n) is 3.33. The summed E-state index contributed by atoms with van der Waals surface area (Å²) in [6.07, 6.45) is 5.68. The molecule has 1 aliphatic heterocycles. The Kier molecular flexibility index (Phi) is 5.51. The van der Waals surface area contributed by atoms with Gasteiger partial charge in [0.05, 0.1) is 0 Å². The third-order valence-corrected chi connectivity index (χ3v) is 4.81. The van der Waals surface area contributed by atoms with Crippen LogP contribution in [0.25, 0.3) is 0 Å². The molecule has 1 aromatic heterocycles. The molecule has 1 fully saturated rings. The van der Waals surface area contributed by atoms with Crippen molar-refractivity contribution >= 4 is 17.3 Å². The monoisotopic (exact) mass is 333 g/mol. The van der Waals surface area contributed by atoms with Gasteiger partial charge in [0.1, 0.15) is 12.7 Å². The molecule has 3 rings (SSSR count). The second kappa shape index (κ2) is 7.79. The summed E-state index contributed by atoms with van der Waals surface area (Å²) < 4.78 is 1.91. The number of halogens is 1. The summed E-state index contributed by atoms with van der Waals surface area (Å²) in [5.41, 5.74) is 1.23. The van der Waals surface area contributed by atoms with Gasteiger partial charge in [-0.05, 0) is 37.6 Å². The van der Waals surface area contributed by atoms with Crippen molar-refractivity contribution < 1.29 is 0 Å². The second-order valence-electron chi connectivity index (χ2n) is 6.01. The van der Waals surface area contributed by atoms with E-state index in [1.54, 1.807) is 12.7 Å². The Balaban J connectivity index is 1.59. The molecule has 2 aromatic rings. The fourth-order valence-corrected chi connectivity index (χ4v) is 3.51. The number of likely N-dealkylation sites (N-methyl/N-ethyl adjacent to an activating group) is 1. The fraction of sp³-hybridized carbons (Fsp3) is 0.529. The average molecular weight is 334 g/mol. The molecule has 1 unspecified atom stereocenters. The van der Waals surface area contributed by atoms with Gasteiger partial charge in [0.15, 0.2) is 0 Å². The van der Waals surface area contributed by atoms with Crippen LogP contribution >= 0.6 is 11.6 Å². The number of aryl methyl sites for hydroxylation is 1. The van der Waals surface area contributed by atoms with Gasteiger partial charge in [-0.1, -0.05) is 24.6 Å². The van der Waals surface area contributed by atoms with Crippen LogP contribution in [-0.2, 0) is 6.54 Å². The molecule has 1 aromatic carbocycles. The van der Waals surface area contributed by atoms with Gasteiger partial charge < -0.3 is 4.90 Å². The first kappa shape index (κ1) is 16.3. The molecule has 124 valence electrons. The zero-order chi connectivity index (χ0) is 16.1. The lowest BCUT2D eigenvalue weighted by Crippen LogP contribution is -2.53. The lowest BCUT2D eigenvalue weighted by Gasteiger charge is -2.42. The third-order valence-electron chi connectivity index (χ3n) is 4.58. The van der Waals surface area contributed by atoms with Gasteiger partial charge in [0.2, 0.25) is 0 Å². The van der Waals surface area contributed by atoms with Crippen molar-refractivity contribution in [1.82, 2.24) is 19.7 Å². The topological polar surface area (TPSA) is 37.2 Å². The summed E-state index contributed by atoms with van der Waals surface area (Å²) in [4.78, 5) is 9.04. The van der Waals surface area contributed by atoms with E-state index in [9.17, 15) is 0 Å². The SMILES string of the molecule is CCN1CCN(c2cccc(Cl)c2)CC1CCCn1cncn1. The van der Waals surface area contributed by atoms with Crippen molar-refractivity contribution in [1.29, 1.82) is 0 Å². The standard InChI is InChI=1S/C17H24ClN5/c1-2-21-9-10-22(16-6-3-5-15(18)11-16)12-17(21)7-4-8-23-14-19-13-20-23/h3,5-6,11,13-14,17H,2,4,7-10,12H2,1H3. The molecule has 2 heterocycles. The van der Waals surface area contributed by atoms with E-state index >= 15 is 0 Å². The van der Waals surface area contributed by atoms with Crippen LogP contribution in [0, 0.1) is 0 Å². The maximum Gasteiger partial charge on any atom is 0.137 e. The van der Waals surface area contributed by atoms with Crippen molar-refractivity contribution in [3.05, 3.63) is 41.9 Å². The van der Waals surface area contributed by atoms with Crippen molar-refractivity contribution in [3.8, 4) is 0 Å². The Hall–Kier alpha value is -1.59. The second-order valence-corrected chi connectivity index (χ2v) is 6.45. The van der Waals surface area contributed by atoms with Gasteiger partial charge in [-0.3, -0.25) is 9.58 Å². The van der Waals surface area contributed by atoms with Crippen LogP contribution in [0.4, 0.5) is 5.69 Å². The molecule has 0 saturated carbocycles. The minimum atomic E-state index is 0.580. The summed E-state index contributed by atoms with van der Waals surface area (Å²) in [5.74, 6) is 0. The Morgan fingerprint density at radius 3 is 2.96 bits per heavy atom. The lowest BCUT2D eigenvalue weighted by molar-refractivity contribution is 0.172. The third kappa shape index (κ3) is 4.24. The number of piperazine rings is 1. The van der Waals surface area contributed by atoms with Gasteiger partial charge in [-0.25, -0.2) is 4.98 Å². The molecule has 0 radical (unpaired) electrons. The lowest BCUT2D eigenvalue weighted by atomic mass is 10.1. The van der Waals surface area contributed by atoms with E-state index in [1.165, 1.54) is 12.1 Å². The highest BCUT2D eigenvalue weighted by Crippen LogP contribution is 2.24. The molecule has 0 spiro atoms. The van der Waals surface area contributed by atoms with Crippen LogP contribution in [0.15, 0.2) is 36.9 Å². The van der Waals surface area contributed by atoms with Gasteiger partial charge in [0, 0.05) is 42.9 Å². The first-order valence-electron chi connectivity index (χ1n) is 8.33. The highest BCUT2D eigenvalue weighted by atomic mass is 35.5. The summed E-state index contributed by atoms with van der Waals surface area (Å²) in [6, 6.07) is 8.76. The minimum Gasteiger partial charge on any atom is -0.369 e. The number of benzene rings is 1.